The van der Waals surface area contributed by atoms with E-state index in [2.05, 4.69) is 10.1 Å². The average molecular weight is 341 g/mol. The van der Waals surface area contributed by atoms with E-state index in [0.29, 0.717) is 5.56 Å². The zero-order valence-corrected chi connectivity index (χ0v) is 14.0. The molecule has 6 nitrogen and oxygen atoms in total. The van der Waals surface area contributed by atoms with E-state index in [0.717, 1.165) is 10.8 Å². The number of amides is 1. The van der Waals surface area contributed by atoms with Crippen LogP contribution in [0.15, 0.2) is 54.6 Å². The maximum absolute atomic E-state index is 12.4. The molecule has 0 saturated heterocycles. The Bertz CT molecular complexity index is 812. The first-order valence-electron chi connectivity index (χ1n) is 7.67. The summed E-state index contributed by atoms with van der Waals surface area (Å²) < 4.78 is 9.18. The van der Waals surface area contributed by atoms with E-state index in [1.807, 2.05) is 30.3 Å². The summed E-state index contributed by atoms with van der Waals surface area (Å²) in [7, 11) is 2.49. The van der Waals surface area contributed by atoms with Gasteiger partial charge >= 0.3 is 11.9 Å². The van der Waals surface area contributed by atoms with E-state index < -0.39 is 23.9 Å². The highest BCUT2D eigenvalue weighted by Crippen LogP contribution is 2.15. The molecule has 0 saturated carbocycles. The number of carbonyl (C=O) groups is 3. The second kappa shape index (κ2) is 8.63. The van der Waals surface area contributed by atoms with Crippen LogP contribution >= 0.6 is 0 Å². The number of nitrogens with one attached hydrogen (secondary N) is 1. The van der Waals surface area contributed by atoms with Crippen LogP contribution in [0.1, 0.15) is 16.8 Å². The third kappa shape index (κ3) is 4.91. The molecule has 25 heavy (non-hydrogen) atoms. The summed E-state index contributed by atoms with van der Waals surface area (Å²) in [5.41, 5.74) is 0.435. The van der Waals surface area contributed by atoms with Gasteiger partial charge in [-0.2, -0.15) is 0 Å². The maximum atomic E-state index is 12.4. The van der Waals surface area contributed by atoms with Gasteiger partial charge in [-0.1, -0.05) is 36.4 Å². The molecule has 0 aromatic heterocycles. The zero-order valence-electron chi connectivity index (χ0n) is 14.0. The highest BCUT2D eigenvalue weighted by Gasteiger charge is 2.21. The van der Waals surface area contributed by atoms with Crippen molar-refractivity contribution in [2.75, 3.05) is 14.2 Å². The summed E-state index contributed by atoms with van der Waals surface area (Å²) in [4.78, 5) is 35.4. The Labute approximate surface area is 145 Å². The molecule has 1 amide bonds. The summed E-state index contributed by atoms with van der Waals surface area (Å²) in [5.74, 6) is -1.53. The number of fused-ring (bicyclic) bond motifs is 1. The molecule has 2 aromatic rings. The van der Waals surface area contributed by atoms with Crippen LogP contribution in [0.4, 0.5) is 0 Å². The third-order valence-electron chi connectivity index (χ3n) is 3.63. The van der Waals surface area contributed by atoms with Gasteiger partial charge in [0.15, 0.2) is 0 Å². The molecule has 0 aliphatic heterocycles. The molecule has 2 rings (SSSR count). The fraction of sp³-hybridized carbons (Fsp3) is 0.211. The van der Waals surface area contributed by atoms with Crippen LogP contribution in [0, 0.1) is 0 Å². The van der Waals surface area contributed by atoms with Crippen LogP contribution in [0.5, 0.6) is 0 Å². The minimum Gasteiger partial charge on any atom is -0.467 e. The molecule has 0 unspecified atom stereocenters. The van der Waals surface area contributed by atoms with E-state index in [1.54, 1.807) is 12.1 Å². The van der Waals surface area contributed by atoms with Gasteiger partial charge in [-0.05, 0) is 29.3 Å². The lowest BCUT2D eigenvalue weighted by atomic mass is 10.1. The number of rotatable bonds is 6. The van der Waals surface area contributed by atoms with Gasteiger partial charge < -0.3 is 14.8 Å². The topological polar surface area (TPSA) is 81.7 Å². The Hall–Kier alpha value is -3.15. The smallest absolute Gasteiger partial charge is 0.330 e. The van der Waals surface area contributed by atoms with E-state index >= 15 is 0 Å². The van der Waals surface area contributed by atoms with Gasteiger partial charge in [0.1, 0.15) is 6.04 Å². The first kappa shape index (κ1) is 18.2. The van der Waals surface area contributed by atoms with Gasteiger partial charge in [0.05, 0.1) is 14.2 Å². The van der Waals surface area contributed by atoms with Crippen LogP contribution in [0.3, 0.4) is 0 Å². The highest BCUT2D eigenvalue weighted by atomic mass is 16.5. The Morgan fingerprint density at radius 2 is 1.76 bits per heavy atom. The fourth-order valence-corrected chi connectivity index (χ4v) is 2.30. The summed E-state index contributed by atoms with van der Waals surface area (Å²) in [5, 5.41) is 4.57. The molecule has 6 heteroatoms. The van der Waals surface area contributed by atoms with Crippen molar-refractivity contribution in [3.63, 3.8) is 0 Å². The molecule has 0 fully saturated rings. The summed E-state index contributed by atoms with van der Waals surface area (Å²) >= 11 is 0. The van der Waals surface area contributed by atoms with Gasteiger partial charge in [0, 0.05) is 11.6 Å². The van der Waals surface area contributed by atoms with Gasteiger partial charge in [0.25, 0.3) is 5.91 Å². The van der Waals surface area contributed by atoms with E-state index in [1.165, 1.54) is 26.4 Å². The van der Waals surface area contributed by atoms with Crippen LogP contribution in [-0.2, 0) is 19.1 Å². The number of methoxy groups -OCH3 is 2. The largest absolute Gasteiger partial charge is 0.467 e. The summed E-state index contributed by atoms with van der Waals surface area (Å²) in [6.45, 7) is 0. The second-order valence-corrected chi connectivity index (χ2v) is 5.27. The van der Waals surface area contributed by atoms with Crippen molar-refractivity contribution in [3.05, 3.63) is 60.2 Å². The first-order chi connectivity index (χ1) is 12.0. The lowest BCUT2D eigenvalue weighted by molar-refractivity contribution is -0.143. The molecule has 0 aliphatic carbocycles. The van der Waals surface area contributed by atoms with Crippen molar-refractivity contribution >= 4 is 28.6 Å². The van der Waals surface area contributed by atoms with E-state index in [9.17, 15) is 14.4 Å². The molecule has 0 radical (unpaired) electrons. The van der Waals surface area contributed by atoms with Gasteiger partial charge in [0.2, 0.25) is 0 Å². The van der Waals surface area contributed by atoms with Crippen LogP contribution in [-0.4, -0.2) is 38.1 Å². The summed E-state index contributed by atoms with van der Waals surface area (Å²) in [6.07, 6.45) is 2.76. The number of hydrogen-bond acceptors (Lipinski definition) is 5. The van der Waals surface area contributed by atoms with E-state index in [4.69, 9.17) is 4.74 Å². The molecule has 0 spiro atoms. The predicted molar refractivity (Wildman–Crippen MR) is 93.0 cm³/mol. The second-order valence-electron chi connectivity index (χ2n) is 5.27. The van der Waals surface area contributed by atoms with E-state index in [-0.39, 0.29) is 6.42 Å². The third-order valence-corrected chi connectivity index (χ3v) is 3.63. The minimum atomic E-state index is -0.898. The van der Waals surface area contributed by atoms with Crippen molar-refractivity contribution in [2.45, 2.75) is 12.5 Å². The molecule has 1 atom stereocenters. The summed E-state index contributed by atoms with van der Waals surface area (Å²) in [6, 6.07) is 12.1. The molecule has 1 N–H and O–H groups in total. The fourth-order valence-electron chi connectivity index (χ4n) is 2.30. The number of carbonyl (C=O) groups excluding carboxylic acids is 3. The monoisotopic (exact) mass is 341 g/mol. The first-order valence-corrected chi connectivity index (χ1v) is 7.67. The minimum absolute atomic E-state index is 0.112. The molecule has 130 valence electrons. The molecule has 0 bridgehead atoms. The Balaban J connectivity index is 2.12. The van der Waals surface area contributed by atoms with Crippen LogP contribution in [0.25, 0.3) is 10.8 Å². The van der Waals surface area contributed by atoms with Crippen molar-refractivity contribution in [2.24, 2.45) is 0 Å². The van der Waals surface area contributed by atoms with Crippen LogP contribution in [0.2, 0.25) is 0 Å². The van der Waals surface area contributed by atoms with Crippen molar-refractivity contribution < 1.29 is 23.9 Å². The number of ether oxygens (including phenoxy) is 2. The van der Waals surface area contributed by atoms with Crippen molar-refractivity contribution in [1.82, 2.24) is 5.32 Å². The van der Waals surface area contributed by atoms with Crippen molar-refractivity contribution in [3.8, 4) is 0 Å². The highest BCUT2D eigenvalue weighted by molar-refractivity contribution is 6.00. The molecule has 0 heterocycles. The molecule has 0 aliphatic rings. The molecule has 2 aromatic carbocycles. The van der Waals surface area contributed by atoms with Gasteiger partial charge in [-0.25, -0.2) is 9.59 Å². The maximum Gasteiger partial charge on any atom is 0.330 e. The van der Waals surface area contributed by atoms with Crippen LogP contribution < -0.4 is 5.32 Å². The molecular formula is C19H19NO5. The lowest BCUT2D eigenvalue weighted by Gasteiger charge is -2.15. The molecular weight excluding hydrogens is 322 g/mol. The number of hydrogen-bond donors (Lipinski definition) is 1. The SMILES string of the molecule is COC(=O)/C=C/C[C@@H](NC(=O)c1ccc2ccccc2c1)C(=O)OC. The number of benzene rings is 2. The Kier molecular flexibility index (Phi) is 6.28. The average Bonchev–Trinajstić information content (AvgIpc) is 2.65. The van der Waals surface area contributed by atoms with Gasteiger partial charge in [-0.3, -0.25) is 4.79 Å². The normalized spacial score (nSPS) is 11.9. The zero-order chi connectivity index (χ0) is 18.2. The number of esters is 2. The lowest BCUT2D eigenvalue weighted by Crippen LogP contribution is -2.41. The van der Waals surface area contributed by atoms with Gasteiger partial charge in [-0.15, -0.1) is 0 Å². The standard InChI is InChI=1S/C19H19NO5/c1-24-17(21)9-5-8-16(19(23)25-2)20-18(22)15-11-10-13-6-3-4-7-14(13)12-15/h3-7,9-12,16H,8H2,1-2H3,(H,20,22)/b9-5+/t16-/m1/s1. The van der Waals surface area contributed by atoms with Crippen molar-refractivity contribution in [1.29, 1.82) is 0 Å². The Morgan fingerprint density at radius 1 is 1.04 bits per heavy atom. The predicted octanol–water partition coefficient (Wildman–Crippen LogP) is 2.23. The quantitative estimate of drug-likeness (QED) is 0.644. The Morgan fingerprint density at radius 3 is 2.44 bits per heavy atom.